The van der Waals surface area contributed by atoms with Crippen LogP contribution in [0.4, 0.5) is 11.5 Å². The number of carbonyl (C=O) groups is 1. The lowest BCUT2D eigenvalue weighted by molar-refractivity contribution is -0.385. The molecule has 0 radical (unpaired) electrons. The SMILES string of the molecule is O=C(O)c1cc(N2CCS(=O)CC2)ncc1[N+](=O)[O-]. The second kappa shape index (κ2) is 5.31. The summed E-state index contributed by atoms with van der Waals surface area (Å²) >= 11 is 0. The standard InChI is InChI=1S/C10H11N3O5S/c14-10(15)7-5-9(11-6-8(7)13(16)17)12-1-3-19(18)4-2-12/h5-6H,1-4H2,(H,14,15). The minimum Gasteiger partial charge on any atom is -0.477 e. The second-order valence-electron chi connectivity index (χ2n) is 3.96. The first-order valence-corrected chi connectivity index (χ1v) is 6.95. The van der Waals surface area contributed by atoms with Gasteiger partial charge in [-0.2, -0.15) is 0 Å². The fourth-order valence-electron chi connectivity index (χ4n) is 1.79. The van der Waals surface area contributed by atoms with Crippen molar-refractivity contribution in [2.45, 2.75) is 0 Å². The van der Waals surface area contributed by atoms with Crippen LogP contribution in [0.15, 0.2) is 12.3 Å². The molecule has 1 saturated heterocycles. The van der Waals surface area contributed by atoms with Crippen LogP contribution >= 0.6 is 0 Å². The van der Waals surface area contributed by atoms with Crippen molar-refractivity contribution in [1.29, 1.82) is 0 Å². The molecule has 0 spiro atoms. The summed E-state index contributed by atoms with van der Waals surface area (Å²) in [6.45, 7) is 0.993. The van der Waals surface area contributed by atoms with Gasteiger partial charge in [-0.1, -0.05) is 0 Å². The van der Waals surface area contributed by atoms with Gasteiger partial charge in [0.05, 0.1) is 4.92 Å². The maximum atomic E-state index is 11.2. The van der Waals surface area contributed by atoms with Crippen LogP contribution in [-0.2, 0) is 10.8 Å². The molecule has 0 aliphatic carbocycles. The van der Waals surface area contributed by atoms with Gasteiger partial charge in [-0.05, 0) is 0 Å². The predicted octanol–water partition coefficient (Wildman–Crippen LogP) is 0.257. The highest BCUT2D eigenvalue weighted by molar-refractivity contribution is 7.85. The normalized spacial score (nSPS) is 16.3. The van der Waals surface area contributed by atoms with Gasteiger partial charge in [0, 0.05) is 41.5 Å². The second-order valence-corrected chi connectivity index (χ2v) is 5.65. The van der Waals surface area contributed by atoms with Crippen LogP contribution in [0.5, 0.6) is 0 Å². The molecular weight excluding hydrogens is 274 g/mol. The first-order valence-electron chi connectivity index (χ1n) is 5.46. The molecule has 102 valence electrons. The van der Waals surface area contributed by atoms with Crippen molar-refractivity contribution in [2.24, 2.45) is 0 Å². The molecule has 0 bridgehead atoms. The van der Waals surface area contributed by atoms with E-state index in [0.717, 1.165) is 6.20 Å². The van der Waals surface area contributed by atoms with E-state index in [-0.39, 0.29) is 5.56 Å². The van der Waals surface area contributed by atoms with Gasteiger partial charge in [0.1, 0.15) is 17.6 Å². The first kappa shape index (κ1) is 13.4. The summed E-state index contributed by atoms with van der Waals surface area (Å²) in [6, 6.07) is 1.19. The summed E-state index contributed by atoms with van der Waals surface area (Å²) in [5, 5.41) is 19.7. The van der Waals surface area contributed by atoms with Gasteiger partial charge in [-0.3, -0.25) is 14.3 Å². The van der Waals surface area contributed by atoms with Gasteiger partial charge in [0.2, 0.25) is 0 Å². The lowest BCUT2D eigenvalue weighted by Gasteiger charge is -2.27. The van der Waals surface area contributed by atoms with Crippen molar-refractivity contribution in [3.05, 3.63) is 27.9 Å². The van der Waals surface area contributed by atoms with E-state index in [1.54, 1.807) is 4.90 Å². The minimum atomic E-state index is -1.36. The van der Waals surface area contributed by atoms with E-state index in [2.05, 4.69) is 4.98 Å². The highest BCUT2D eigenvalue weighted by Crippen LogP contribution is 2.23. The Bertz CT molecular complexity index is 552. The number of rotatable bonds is 3. The summed E-state index contributed by atoms with van der Waals surface area (Å²) in [4.78, 5) is 26.6. The molecule has 0 saturated carbocycles. The lowest BCUT2D eigenvalue weighted by atomic mass is 10.2. The zero-order valence-corrected chi connectivity index (χ0v) is 10.6. The molecule has 0 unspecified atom stereocenters. The third-order valence-electron chi connectivity index (χ3n) is 2.80. The topological polar surface area (TPSA) is 114 Å². The molecular formula is C10H11N3O5S. The lowest BCUT2D eigenvalue weighted by Crippen LogP contribution is -2.38. The van der Waals surface area contributed by atoms with Crippen LogP contribution < -0.4 is 4.90 Å². The Morgan fingerprint density at radius 2 is 2.11 bits per heavy atom. The quantitative estimate of drug-likeness (QED) is 0.625. The maximum Gasteiger partial charge on any atom is 0.342 e. The van der Waals surface area contributed by atoms with Crippen LogP contribution in [0.1, 0.15) is 10.4 Å². The van der Waals surface area contributed by atoms with E-state index in [4.69, 9.17) is 5.11 Å². The van der Waals surface area contributed by atoms with Crippen molar-refractivity contribution in [1.82, 2.24) is 4.98 Å². The maximum absolute atomic E-state index is 11.2. The molecule has 0 aromatic carbocycles. The van der Waals surface area contributed by atoms with Crippen molar-refractivity contribution in [3.8, 4) is 0 Å². The summed E-state index contributed by atoms with van der Waals surface area (Å²) < 4.78 is 11.2. The summed E-state index contributed by atoms with van der Waals surface area (Å²) in [5.41, 5.74) is -0.918. The molecule has 1 aromatic heterocycles. The molecule has 0 amide bonds. The van der Waals surface area contributed by atoms with Crippen molar-refractivity contribution >= 4 is 28.3 Å². The van der Waals surface area contributed by atoms with Crippen LogP contribution in [0.2, 0.25) is 0 Å². The van der Waals surface area contributed by atoms with E-state index in [1.807, 2.05) is 0 Å². The fourth-order valence-corrected chi connectivity index (χ4v) is 2.85. The Morgan fingerprint density at radius 1 is 1.47 bits per heavy atom. The Balaban J connectivity index is 2.33. The molecule has 2 heterocycles. The van der Waals surface area contributed by atoms with Crippen molar-refractivity contribution in [3.63, 3.8) is 0 Å². The Labute approximate surface area is 110 Å². The van der Waals surface area contributed by atoms with Gasteiger partial charge >= 0.3 is 11.7 Å². The van der Waals surface area contributed by atoms with Gasteiger partial charge in [0.25, 0.3) is 0 Å². The monoisotopic (exact) mass is 285 g/mol. The van der Waals surface area contributed by atoms with Crippen molar-refractivity contribution in [2.75, 3.05) is 29.5 Å². The summed E-state index contributed by atoms with van der Waals surface area (Å²) in [6.07, 6.45) is 0.949. The summed E-state index contributed by atoms with van der Waals surface area (Å²) in [5.74, 6) is -0.0297. The number of aromatic nitrogens is 1. The van der Waals surface area contributed by atoms with Crippen LogP contribution in [-0.4, -0.2) is 49.8 Å². The number of hydrogen-bond acceptors (Lipinski definition) is 6. The van der Waals surface area contributed by atoms with Crippen LogP contribution in [0, 0.1) is 10.1 Å². The third-order valence-corrected chi connectivity index (χ3v) is 4.07. The van der Waals surface area contributed by atoms with E-state index in [9.17, 15) is 19.1 Å². The number of anilines is 1. The largest absolute Gasteiger partial charge is 0.477 e. The molecule has 9 heteroatoms. The molecule has 8 nitrogen and oxygen atoms in total. The number of hydrogen-bond donors (Lipinski definition) is 1. The number of nitro groups is 1. The average Bonchev–Trinajstić information content (AvgIpc) is 2.38. The van der Waals surface area contributed by atoms with E-state index < -0.39 is 27.4 Å². The smallest absolute Gasteiger partial charge is 0.342 e. The molecule has 19 heavy (non-hydrogen) atoms. The number of carboxylic acids is 1. The number of nitrogens with zero attached hydrogens (tertiary/aromatic N) is 3. The molecule has 1 N–H and O–H groups in total. The van der Waals surface area contributed by atoms with Gasteiger partial charge < -0.3 is 10.0 Å². The van der Waals surface area contributed by atoms with E-state index in [0.29, 0.717) is 30.4 Å². The third kappa shape index (κ3) is 2.87. The van der Waals surface area contributed by atoms with Crippen molar-refractivity contribution < 1.29 is 19.0 Å². The minimum absolute atomic E-state index is 0.361. The predicted molar refractivity (Wildman–Crippen MR) is 67.9 cm³/mol. The Hall–Kier alpha value is -2.03. The average molecular weight is 285 g/mol. The number of pyridine rings is 1. The Kier molecular flexibility index (Phi) is 3.74. The van der Waals surface area contributed by atoms with Gasteiger partial charge in [-0.15, -0.1) is 0 Å². The molecule has 1 aliphatic rings. The number of carboxylic acid groups (broad SMARTS) is 1. The van der Waals surface area contributed by atoms with E-state index in [1.165, 1.54) is 6.07 Å². The first-order chi connectivity index (χ1) is 8.99. The molecule has 0 atom stereocenters. The van der Waals surface area contributed by atoms with Gasteiger partial charge in [0.15, 0.2) is 0 Å². The van der Waals surface area contributed by atoms with Crippen LogP contribution in [0.3, 0.4) is 0 Å². The fraction of sp³-hybridized carbons (Fsp3) is 0.400. The summed E-state index contributed by atoms with van der Waals surface area (Å²) in [7, 11) is -0.855. The van der Waals surface area contributed by atoms with E-state index >= 15 is 0 Å². The molecule has 1 aliphatic heterocycles. The molecule has 2 rings (SSSR count). The highest BCUT2D eigenvalue weighted by Gasteiger charge is 2.24. The zero-order chi connectivity index (χ0) is 14.0. The Morgan fingerprint density at radius 3 is 2.63 bits per heavy atom. The number of aromatic carboxylic acids is 1. The van der Waals surface area contributed by atoms with Gasteiger partial charge in [-0.25, -0.2) is 9.78 Å². The molecule has 1 aromatic rings. The van der Waals surface area contributed by atoms with Crippen LogP contribution in [0.25, 0.3) is 0 Å². The highest BCUT2D eigenvalue weighted by atomic mass is 32.2. The zero-order valence-electron chi connectivity index (χ0n) is 9.81. The molecule has 1 fully saturated rings.